The number of hydrogen-bond acceptors (Lipinski definition) is 6. The summed E-state index contributed by atoms with van der Waals surface area (Å²) in [4.78, 5) is 16.5. The van der Waals surface area contributed by atoms with Gasteiger partial charge in [0.05, 0.1) is 12.7 Å². The number of nitrogens with one attached hydrogen (secondary N) is 1. The van der Waals surface area contributed by atoms with Gasteiger partial charge in [-0.05, 0) is 49.2 Å². The zero-order valence-corrected chi connectivity index (χ0v) is 14.8. The molecule has 7 nitrogen and oxygen atoms in total. The van der Waals surface area contributed by atoms with Gasteiger partial charge in [0.2, 0.25) is 5.82 Å². The standard InChI is InChI=1S/C20H19N3O4/c1-25-16-6-3-2-5-15(16)18-22-20(27-23-18)13-8-10-14(11-9-13)21-19(24)17-7-4-12-26-17/h2-3,5-6,8-11,17H,4,7,12H2,1H3,(H,21,24). The molecule has 1 aromatic heterocycles. The number of carbonyl (C=O) groups excluding carboxylic acids is 1. The van der Waals surface area contributed by atoms with Crippen LogP contribution in [-0.4, -0.2) is 35.9 Å². The van der Waals surface area contributed by atoms with E-state index in [2.05, 4.69) is 15.5 Å². The number of methoxy groups -OCH3 is 1. The Morgan fingerprint density at radius 2 is 2.00 bits per heavy atom. The highest BCUT2D eigenvalue weighted by atomic mass is 16.5. The molecule has 0 aliphatic carbocycles. The van der Waals surface area contributed by atoms with Crippen LogP contribution in [0.1, 0.15) is 12.8 Å². The molecule has 1 aliphatic rings. The van der Waals surface area contributed by atoms with Crippen molar-refractivity contribution >= 4 is 11.6 Å². The van der Waals surface area contributed by atoms with E-state index < -0.39 is 0 Å². The van der Waals surface area contributed by atoms with Gasteiger partial charge in [0.1, 0.15) is 11.9 Å². The zero-order valence-electron chi connectivity index (χ0n) is 14.8. The van der Waals surface area contributed by atoms with Crippen molar-refractivity contribution in [3.63, 3.8) is 0 Å². The second-order valence-corrected chi connectivity index (χ2v) is 6.19. The first-order valence-electron chi connectivity index (χ1n) is 8.74. The topological polar surface area (TPSA) is 86.5 Å². The summed E-state index contributed by atoms with van der Waals surface area (Å²) in [7, 11) is 1.60. The summed E-state index contributed by atoms with van der Waals surface area (Å²) in [5.74, 6) is 1.42. The van der Waals surface area contributed by atoms with Gasteiger partial charge in [0, 0.05) is 17.9 Å². The first-order chi connectivity index (χ1) is 13.2. The fourth-order valence-electron chi connectivity index (χ4n) is 2.98. The number of rotatable bonds is 5. The van der Waals surface area contributed by atoms with Crippen LogP contribution in [-0.2, 0) is 9.53 Å². The number of anilines is 1. The fraction of sp³-hybridized carbons (Fsp3) is 0.250. The molecule has 1 aliphatic heterocycles. The molecule has 1 amide bonds. The maximum Gasteiger partial charge on any atom is 0.258 e. The molecule has 7 heteroatoms. The number of carbonyl (C=O) groups is 1. The van der Waals surface area contributed by atoms with E-state index in [1.807, 2.05) is 36.4 Å². The first-order valence-corrected chi connectivity index (χ1v) is 8.74. The SMILES string of the molecule is COc1ccccc1-c1noc(-c2ccc(NC(=O)C3CCCO3)cc2)n1. The molecule has 3 aromatic rings. The van der Waals surface area contributed by atoms with E-state index in [1.165, 1.54) is 0 Å². The number of hydrogen-bond donors (Lipinski definition) is 1. The molecule has 2 heterocycles. The molecule has 1 fully saturated rings. The summed E-state index contributed by atoms with van der Waals surface area (Å²) in [5.41, 5.74) is 2.22. The normalized spacial score (nSPS) is 16.3. The van der Waals surface area contributed by atoms with Gasteiger partial charge >= 0.3 is 0 Å². The second kappa shape index (κ2) is 7.59. The van der Waals surface area contributed by atoms with Crippen LogP contribution in [0, 0.1) is 0 Å². The molecule has 0 radical (unpaired) electrons. The van der Waals surface area contributed by atoms with Crippen LogP contribution >= 0.6 is 0 Å². The number of aromatic nitrogens is 2. The molecule has 1 unspecified atom stereocenters. The van der Waals surface area contributed by atoms with Crippen molar-refractivity contribution in [1.82, 2.24) is 10.1 Å². The van der Waals surface area contributed by atoms with Crippen LogP contribution < -0.4 is 10.1 Å². The zero-order chi connectivity index (χ0) is 18.6. The molecule has 1 N–H and O–H groups in total. The molecule has 138 valence electrons. The molecule has 2 aromatic carbocycles. The van der Waals surface area contributed by atoms with Gasteiger partial charge in [-0.25, -0.2) is 0 Å². The third-order valence-electron chi connectivity index (χ3n) is 4.40. The molecule has 0 spiro atoms. The van der Waals surface area contributed by atoms with Crippen molar-refractivity contribution in [3.05, 3.63) is 48.5 Å². The number of para-hydroxylation sites is 1. The lowest BCUT2D eigenvalue weighted by atomic mass is 10.1. The van der Waals surface area contributed by atoms with Crippen LogP contribution in [0.2, 0.25) is 0 Å². The Labute approximate surface area is 156 Å². The summed E-state index contributed by atoms with van der Waals surface area (Å²) in [6.07, 6.45) is 1.32. The lowest BCUT2D eigenvalue weighted by Crippen LogP contribution is -2.26. The highest BCUT2D eigenvalue weighted by molar-refractivity contribution is 5.94. The molecule has 0 bridgehead atoms. The minimum atomic E-state index is -0.357. The van der Waals surface area contributed by atoms with Crippen molar-refractivity contribution in [2.24, 2.45) is 0 Å². The van der Waals surface area contributed by atoms with Gasteiger partial charge in [-0.2, -0.15) is 4.98 Å². The molecule has 27 heavy (non-hydrogen) atoms. The van der Waals surface area contributed by atoms with E-state index in [-0.39, 0.29) is 12.0 Å². The maximum atomic E-state index is 12.1. The van der Waals surface area contributed by atoms with Gasteiger partial charge in [-0.3, -0.25) is 4.79 Å². The minimum Gasteiger partial charge on any atom is -0.496 e. The summed E-state index contributed by atoms with van der Waals surface area (Å²) >= 11 is 0. The van der Waals surface area contributed by atoms with E-state index >= 15 is 0 Å². The second-order valence-electron chi connectivity index (χ2n) is 6.19. The summed E-state index contributed by atoms with van der Waals surface area (Å²) in [6, 6.07) is 14.7. The average Bonchev–Trinajstić information content (AvgIpc) is 3.41. The molecule has 4 rings (SSSR count). The fourth-order valence-corrected chi connectivity index (χ4v) is 2.98. The van der Waals surface area contributed by atoms with E-state index in [0.29, 0.717) is 29.8 Å². The quantitative estimate of drug-likeness (QED) is 0.744. The third kappa shape index (κ3) is 3.68. The first kappa shape index (κ1) is 17.2. The monoisotopic (exact) mass is 365 g/mol. The molecule has 1 atom stereocenters. The smallest absolute Gasteiger partial charge is 0.258 e. The predicted molar refractivity (Wildman–Crippen MR) is 99.3 cm³/mol. The molecular formula is C20H19N3O4. The molecular weight excluding hydrogens is 346 g/mol. The maximum absolute atomic E-state index is 12.1. The van der Waals surface area contributed by atoms with Crippen molar-refractivity contribution in [1.29, 1.82) is 0 Å². The van der Waals surface area contributed by atoms with E-state index in [1.54, 1.807) is 19.2 Å². The van der Waals surface area contributed by atoms with Gasteiger partial charge in [-0.15, -0.1) is 0 Å². The van der Waals surface area contributed by atoms with Crippen LogP contribution in [0.4, 0.5) is 5.69 Å². The lowest BCUT2D eigenvalue weighted by molar-refractivity contribution is -0.124. The minimum absolute atomic E-state index is 0.114. The average molecular weight is 365 g/mol. The third-order valence-corrected chi connectivity index (χ3v) is 4.40. The van der Waals surface area contributed by atoms with E-state index in [0.717, 1.165) is 24.0 Å². The largest absolute Gasteiger partial charge is 0.496 e. The van der Waals surface area contributed by atoms with Crippen LogP contribution in [0.3, 0.4) is 0 Å². The summed E-state index contributed by atoms with van der Waals surface area (Å²) in [5, 5.41) is 6.90. The number of benzene rings is 2. The Hall–Kier alpha value is -3.19. The van der Waals surface area contributed by atoms with Crippen molar-refractivity contribution in [2.45, 2.75) is 18.9 Å². The van der Waals surface area contributed by atoms with Crippen LogP contribution in [0.25, 0.3) is 22.8 Å². The van der Waals surface area contributed by atoms with Crippen molar-refractivity contribution in [3.8, 4) is 28.6 Å². The summed E-state index contributed by atoms with van der Waals surface area (Å²) < 4.78 is 16.1. The van der Waals surface area contributed by atoms with Crippen LogP contribution in [0.15, 0.2) is 53.1 Å². The number of nitrogens with zero attached hydrogens (tertiary/aromatic N) is 2. The Balaban J connectivity index is 1.49. The number of ether oxygens (including phenoxy) is 2. The van der Waals surface area contributed by atoms with Crippen molar-refractivity contribution in [2.75, 3.05) is 19.0 Å². The number of amides is 1. The van der Waals surface area contributed by atoms with Gasteiger partial charge in [0.25, 0.3) is 11.8 Å². The van der Waals surface area contributed by atoms with Gasteiger partial charge in [-0.1, -0.05) is 17.3 Å². The predicted octanol–water partition coefficient (Wildman–Crippen LogP) is 3.53. The lowest BCUT2D eigenvalue weighted by Gasteiger charge is -2.10. The Kier molecular flexibility index (Phi) is 4.84. The molecule has 1 saturated heterocycles. The highest BCUT2D eigenvalue weighted by Gasteiger charge is 2.23. The van der Waals surface area contributed by atoms with Crippen LogP contribution in [0.5, 0.6) is 5.75 Å². The Morgan fingerprint density at radius 3 is 2.74 bits per heavy atom. The van der Waals surface area contributed by atoms with Crippen molar-refractivity contribution < 1.29 is 18.8 Å². The van der Waals surface area contributed by atoms with E-state index in [4.69, 9.17) is 14.0 Å². The Morgan fingerprint density at radius 1 is 1.19 bits per heavy atom. The Bertz CT molecular complexity index is 930. The highest BCUT2D eigenvalue weighted by Crippen LogP contribution is 2.29. The van der Waals surface area contributed by atoms with Gasteiger partial charge in [0.15, 0.2) is 0 Å². The molecule has 0 saturated carbocycles. The van der Waals surface area contributed by atoms with Gasteiger partial charge < -0.3 is 19.3 Å². The van der Waals surface area contributed by atoms with E-state index in [9.17, 15) is 4.79 Å². The summed E-state index contributed by atoms with van der Waals surface area (Å²) in [6.45, 7) is 0.642.